The average molecular weight is 160 g/mol. The lowest BCUT2D eigenvalue weighted by Crippen LogP contribution is -2.17. The van der Waals surface area contributed by atoms with Gasteiger partial charge in [-0.2, -0.15) is 0 Å². The Labute approximate surface area is 64.8 Å². The number of aliphatic hydroxyl groups excluding tert-OH is 1. The summed E-state index contributed by atoms with van der Waals surface area (Å²) in [4.78, 5) is 20.1. The van der Waals surface area contributed by atoms with Gasteiger partial charge in [0.1, 0.15) is 6.29 Å². The third-order valence-electron chi connectivity index (χ3n) is 1.44. The van der Waals surface area contributed by atoms with Crippen molar-refractivity contribution in [2.24, 2.45) is 5.92 Å². The summed E-state index contributed by atoms with van der Waals surface area (Å²) >= 11 is 0. The lowest BCUT2D eigenvalue weighted by atomic mass is 10.0. The Morgan fingerprint density at radius 1 is 1.55 bits per heavy atom. The van der Waals surface area contributed by atoms with Gasteiger partial charge in [-0.3, -0.25) is 4.79 Å². The quantitative estimate of drug-likeness (QED) is 0.425. The van der Waals surface area contributed by atoms with Crippen LogP contribution in [0.25, 0.3) is 0 Å². The molecule has 4 nitrogen and oxygen atoms in total. The summed E-state index contributed by atoms with van der Waals surface area (Å²) in [6.07, 6.45) is 2.01. The predicted molar refractivity (Wildman–Crippen MR) is 38.1 cm³/mol. The molecule has 0 spiro atoms. The van der Waals surface area contributed by atoms with Crippen molar-refractivity contribution in [3.63, 3.8) is 0 Å². The van der Waals surface area contributed by atoms with Gasteiger partial charge < -0.3 is 15.0 Å². The summed E-state index contributed by atoms with van der Waals surface area (Å²) in [6.45, 7) is -0.353. The van der Waals surface area contributed by atoms with Crippen LogP contribution in [0.3, 0.4) is 0 Å². The van der Waals surface area contributed by atoms with Gasteiger partial charge in [-0.05, 0) is 12.8 Å². The molecule has 0 saturated carbocycles. The van der Waals surface area contributed by atoms with Gasteiger partial charge >= 0.3 is 5.97 Å². The first-order valence-corrected chi connectivity index (χ1v) is 3.49. The number of carbonyl (C=O) groups excluding carboxylic acids is 1. The van der Waals surface area contributed by atoms with E-state index in [9.17, 15) is 9.59 Å². The normalized spacial score (nSPS) is 12.5. The van der Waals surface area contributed by atoms with Crippen molar-refractivity contribution in [3.05, 3.63) is 0 Å². The van der Waals surface area contributed by atoms with Crippen molar-refractivity contribution in [2.45, 2.75) is 19.3 Å². The predicted octanol–water partition coefficient (Wildman–Crippen LogP) is 0.0487. The highest BCUT2D eigenvalue weighted by atomic mass is 16.4. The summed E-state index contributed by atoms with van der Waals surface area (Å²) < 4.78 is 0. The first-order valence-electron chi connectivity index (χ1n) is 3.49. The molecule has 0 aromatic heterocycles. The minimum atomic E-state index is -1.00. The van der Waals surface area contributed by atoms with Crippen LogP contribution < -0.4 is 0 Å². The summed E-state index contributed by atoms with van der Waals surface area (Å²) in [5.41, 5.74) is 0. The minimum Gasteiger partial charge on any atom is -0.481 e. The second kappa shape index (κ2) is 5.85. The maximum absolute atomic E-state index is 10.3. The first kappa shape index (κ1) is 10.1. The van der Waals surface area contributed by atoms with E-state index in [1.165, 1.54) is 0 Å². The Morgan fingerprint density at radius 3 is 2.55 bits per heavy atom. The van der Waals surface area contributed by atoms with Crippen LogP contribution in [0.2, 0.25) is 0 Å². The fraction of sp³-hybridized carbons (Fsp3) is 0.714. The zero-order valence-corrected chi connectivity index (χ0v) is 6.19. The van der Waals surface area contributed by atoms with Crippen LogP contribution in [0.5, 0.6) is 0 Å². The molecular formula is C7H12O4. The highest BCUT2D eigenvalue weighted by Gasteiger charge is 2.14. The average Bonchev–Trinajstić information content (AvgIpc) is 1.97. The molecule has 64 valence electrons. The second-order valence-electron chi connectivity index (χ2n) is 2.32. The smallest absolute Gasteiger partial charge is 0.308 e. The molecule has 11 heavy (non-hydrogen) atoms. The summed E-state index contributed by atoms with van der Waals surface area (Å²) in [5, 5.41) is 17.0. The molecule has 0 heterocycles. The molecular weight excluding hydrogens is 148 g/mol. The van der Waals surface area contributed by atoms with Gasteiger partial charge in [-0.1, -0.05) is 0 Å². The van der Waals surface area contributed by atoms with E-state index in [-0.39, 0.29) is 6.61 Å². The number of rotatable bonds is 6. The Morgan fingerprint density at radius 2 is 2.18 bits per heavy atom. The standard InChI is InChI=1S/C7H12O4/c8-4-2-1-3-6(5-9)7(10)11/h4,6,9H,1-3,5H2,(H,10,11). The number of hydrogen-bond acceptors (Lipinski definition) is 3. The molecule has 0 aliphatic rings. The van der Waals surface area contributed by atoms with Crippen LogP contribution in [-0.2, 0) is 9.59 Å². The van der Waals surface area contributed by atoms with Gasteiger partial charge in [0.15, 0.2) is 0 Å². The summed E-state index contributed by atoms with van der Waals surface area (Å²) in [7, 11) is 0. The maximum Gasteiger partial charge on any atom is 0.308 e. The largest absolute Gasteiger partial charge is 0.481 e. The van der Waals surface area contributed by atoms with E-state index in [0.717, 1.165) is 6.29 Å². The molecule has 2 N–H and O–H groups in total. The zero-order chi connectivity index (χ0) is 8.69. The molecule has 0 rings (SSSR count). The third-order valence-corrected chi connectivity index (χ3v) is 1.44. The molecule has 0 aliphatic carbocycles. The number of hydrogen-bond donors (Lipinski definition) is 2. The summed E-state index contributed by atoms with van der Waals surface area (Å²) in [6, 6.07) is 0. The van der Waals surface area contributed by atoms with Crippen molar-refractivity contribution < 1.29 is 19.8 Å². The highest BCUT2D eigenvalue weighted by molar-refractivity contribution is 5.70. The highest BCUT2D eigenvalue weighted by Crippen LogP contribution is 2.06. The number of aliphatic carboxylic acids is 1. The van der Waals surface area contributed by atoms with Gasteiger partial charge in [-0.25, -0.2) is 0 Å². The number of carboxylic acids is 1. The van der Waals surface area contributed by atoms with E-state index in [1.54, 1.807) is 0 Å². The minimum absolute atomic E-state index is 0.353. The van der Waals surface area contributed by atoms with Crippen LogP contribution in [0, 0.1) is 5.92 Å². The molecule has 0 fully saturated rings. The lowest BCUT2D eigenvalue weighted by Gasteiger charge is -2.05. The van der Waals surface area contributed by atoms with Gasteiger partial charge in [0.05, 0.1) is 12.5 Å². The molecule has 4 heteroatoms. The fourth-order valence-corrected chi connectivity index (χ4v) is 0.740. The maximum atomic E-state index is 10.3. The molecule has 0 amide bonds. The van der Waals surface area contributed by atoms with Gasteiger partial charge in [0.2, 0.25) is 0 Å². The van der Waals surface area contributed by atoms with Gasteiger partial charge in [0, 0.05) is 6.42 Å². The first-order chi connectivity index (χ1) is 5.22. The van der Waals surface area contributed by atoms with E-state index in [4.69, 9.17) is 10.2 Å². The molecule has 0 bridgehead atoms. The van der Waals surface area contributed by atoms with E-state index in [0.29, 0.717) is 19.3 Å². The molecule has 0 radical (unpaired) electrons. The molecule has 1 unspecified atom stereocenters. The molecule has 0 aromatic carbocycles. The van der Waals surface area contributed by atoms with E-state index < -0.39 is 11.9 Å². The lowest BCUT2D eigenvalue weighted by molar-refractivity contribution is -0.143. The Hall–Kier alpha value is -0.900. The number of unbranched alkanes of at least 4 members (excludes halogenated alkanes) is 1. The van der Waals surface area contributed by atoms with Crippen molar-refractivity contribution >= 4 is 12.3 Å². The van der Waals surface area contributed by atoms with Crippen LogP contribution >= 0.6 is 0 Å². The summed E-state index contributed by atoms with van der Waals surface area (Å²) in [5.74, 6) is -1.71. The molecule has 0 saturated heterocycles. The Bertz CT molecular complexity index is 132. The van der Waals surface area contributed by atoms with Gasteiger partial charge in [-0.15, -0.1) is 0 Å². The second-order valence-corrected chi connectivity index (χ2v) is 2.32. The Kier molecular flexibility index (Phi) is 5.37. The fourth-order valence-electron chi connectivity index (χ4n) is 0.740. The van der Waals surface area contributed by atoms with Crippen LogP contribution in [0.15, 0.2) is 0 Å². The topological polar surface area (TPSA) is 74.6 Å². The monoisotopic (exact) mass is 160 g/mol. The van der Waals surface area contributed by atoms with E-state index >= 15 is 0 Å². The van der Waals surface area contributed by atoms with Crippen LogP contribution in [0.4, 0.5) is 0 Å². The van der Waals surface area contributed by atoms with Crippen molar-refractivity contribution in [1.82, 2.24) is 0 Å². The SMILES string of the molecule is O=CCCCC(CO)C(=O)O. The van der Waals surface area contributed by atoms with Crippen molar-refractivity contribution in [3.8, 4) is 0 Å². The molecule has 0 aliphatic heterocycles. The van der Waals surface area contributed by atoms with Gasteiger partial charge in [0.25, 0.3) is 0 Å². The zero-order valence-electron chi connectivity index (χ0n) is 6.19. The van der Waals surface area contributed by atoms with Crippen LogP contribution in [0.1, 0.15) is 19.3 Å². The van der Waals surface area contributed by atoms with E-state index in [2.05, 4.69) is 0 Å². The molecule has 1 atom stereocenters. The van der Waals surface area contributed by atoms with E-state index in [1.807, 2.05) is 0 Å². The van der Waals surface area contributed by atoms with Crippen molar-refractivity contribution in [2.75, 3.05) is 6.61 Å². The number of aldehydes is 1. The van der Waals surface area contributed by atoms with Crippen molar-refractivity contribution in [1.29, 1.82) is 0 Å². The number of carboxylic acid groups (broad SMARTS) is 1. The van der Waals surface area contributed by atoms with Crippen LogP contribution in [-0.4, -0.2) is 29.1 Å². The molecule has 0 aromatic rings. The number of aliphatic hydroxyl groups is 1. The number of carbonyl (C=O) groups is 2. The Balaban J connectivity index is 3.52. The third kappa shape index (κ3) is 4.50.